The summed E-state index contributed by atoms with van der Waals surface area (Å²) >= 11 is 0. The highest BCUT2D eigenvalue weighted by Gasteiger charge is 2.37. The van der Waals surface area contributed by atoms with Crippen LogP contribution in [0.25, 0.3) is 11.2 Å². The molecule has 0 aliphatic carbocycles. The predicted molar refractivity (Wildman–Crippen MR) is 55.8 cm³/mol. The van der Waals surface area contributed by atoms with Gasteiger partial charge in [0.2, 0.25) is 0 Å². The maximum Gasteiger partial charge on any atom is 0.168 e. The first-order valence-corrected chi connectivity index (χ1v) is 5.32. The minimum Gasteiger partial charge on any atom is -0.394 e. The van der Waals surface area contributed by atoms with Gasteiger partial charge in [0.15, 0.2) is 11.9 Å². The summed E-state index contributed by atoms with van der Waals surface area (Å²) in [6.07, 6.45) is 2.21. The summed E-state index contributed by atoms with van der Waals surface area (Å²) in [6, 6.07) is 0. The van der Waals surface area contributed by atoms with Gasteiger partial charge in [0.05, 0.1) is 25.2 Å². The van der Waals surface area contributed by atoms with Crippen molar-refractivity contribution in [2.75, 3.05) is 6.61 Å². The monoisotopic (exact) mass is 238 g/mol. The van der Waals surface area contributed by atoms with Crippen LogP contribution in [0, 0.1) is 0 Å². The van der Waals surface area contributed by atoms with E-state index in [4.69, 9.17) is 9.84 Å². The molecule has 90 valence electrons. The van der Waals surface area contributed by atoms with Gasteiger partial charge in [0.1, 0.15) is 18.0 Å². The molecule has 0 unspecified atom stereocenters. The number of hydrogen-bond donors (Lipinski definition) is 1. The standard InChI is InChI=1S/C10H11FN4O2/c11-7-1-6(3-16)17-10(7)15-5-14-8-2-12-4-13-9(8)15/h2,4-7,10,16H,1,3H2/t6-,7+,10+/m0/s1. The van der Waals surface area contributed by atoms with Crippen molar-refractivity contribution in [3.05, 3.63) is 18.9 Å². The Hall–Kier alpha value is -1.60. The van der Waals surface area contributed by atoms with E-state index >= 15 is 0 Å². The Morgan fingerprint density at radius 1 is 1.53 bits per heavy atom. The highest BCUT2D eigenvalue weighted by Crippen LogP contribution is 2.32. The van der Waals surface area contributed by atoms with Crippen LogP contribution < -0.4 is 0 Å². The molecule has 6 nitrogen and oxygen atoms in total. The second kappa shape index (κ2) is 4.01. The Morgan fingerprint density at radius 3 is 3.18 bits per heavy atom. The van der Waals surface area contributed by atoms with E-state index in [9.17, 15) is 4.39 Å². The van der Waals surface area contributed by atoms with Crippen LogP contribution in [0.4, 0.5) is 4.39 Å². The average Bonchev–Trinajstić information content (AvgIpc) is 2.92. The smallest absolute Gasteiger partial charge is 0.168 e. The van der Waals surface area contributed by atoms with Gasteiger partial charge < -0.3 is 9.84 Å². The molecule has 1 fully saturated rings. The van der Waals surface area contributed by atoms with Gasteiger partial charge in [-0.15, -0.1) is 0 Å². The molecule has 3 rings (SSSR count). The third kappa shape index (κ3) is 1.67. The zero-order valence-electron chi connectivity index (χ0n) is 8.90. The number of hydrogen-bond acceptors (Lipinski definition) is 5. The lowest BCUT2D eigenvalue weighted by molar-refractivity contribution is -0.0351. The maximum absolute atomic E-state index is 13.8. The zero-order valence-corrected chi connectivity index (χ0v) is 8.90. The average molecular weight is 238 g/mol. The molecule has 17 heavy (non-hydrogen) atoms. The molecule has 1 aliphatic heterocycles. The van der Waals surface area contributed by atoms with Gasteiger partial charge >= 0.3 is 0 Å². The number of fused-ring (bicyclic) bond motifs is 1. The Kier molecular flexibility index (Phi) is 2.49. The molecule has 3 atom stereocenters. The lowest BCUT2D eigenvalue weighted by atomic mass is 10.2. The van der Waals surface area contributed by atoms with Crippen LogP contribution in [-0.4, -0.2) is 43.5 Å². The molecule has 1 aliphatic rings. The summed E-state index contributed by atoms with van der Waals surface area (Å²) in [5.41, 5.74) is 1.13. The number of imidazole rings is 1. The van der Waals surface area contributed by atoms with Gasteiger partial charge in [0.25, 0.3) is 0 Å². The number of aliphatic hydroxyl groups is 1. The Morgan fingerprint density at radius 2 is 2.41 bits per heavy atom. The quantitative estimate of drug-likeness (QED) is 0.822. The Balaban J connectivity index is 1.99. The second-order valence-electron chi connectivity index (χ2n) is 3.97. The van der Waals surface area contributed by atoms with Gasteiger partial charge in [-0.25, -0.2) is 19.3 Å². The van der Waals surface area contributed by atoms with E-state index in [2.05, 4.69) is 15.0 Å². The molecule has 7 heteroatoms. The molecule has 3 heterocycles. The largest absolute Gasteiger partial charge is 0.394 e. The van der Waals surface area contributed by atoms with Gasteiger partial charge in [-0.05, 0) is 0 Å². The molecular formula is C10H11FN4O2. The third-order valence-electron chi connectivity index (χ3n) is 2.85. The number of alkyl halides is 1. The predicted octanol–water partition coefficient (Wildman–Crippen LogP) is 0.444. The molecule has 1 saturated heterocycles. The maximum atomic E-state index is 13.8. The first-order valence-electron chi connectivity index (χ1n) is 5.32. The number of halogens is 1. The lowest BCUT2D eigenvalue weighted by Gasteiger charge is -2.14. The van der Waals surface area contributed by atoms with Crippen molar-refractivity contribution in [1.82, 2.24) is 19.5 Å². The molecule has 0 radical (unpaired) electrons. The first kappa shape index (κ1) is 10.5. The van der Waals surface area contributed by atoms with E-state index in [0.29, 0.717) is 11.2 Å². The highest BCUT2D eigenvalue weighted by molar-refractivity contribution is 5.68. The molecule has 2 aromatic heterocycles. The molecule has 1 N–H and O–H groups in total. The summed E-state index contributed by atoms with van der Waals surface area (Å²) in [5, 5.41) is 8.97. The number of rotatable bonds is 2. The minimum absolute atomic E-state index is 0.182. The van der Waals surface area contributed by atoms with E-state index in [0.717, 1.165) is 0 Å². The van der Waals surface area contributed by atoms with E-state index in [1.54, 1.807) is 6.20 Å². The number of nitrogens with zero attached hydrogens (tertiary/aromatic N) is 4. The van der Waals surface area contributed by atoms with Crippen molar-refractivity contribution in [3.63, 3.8) is 0 Å². The van der Waals surface area contributed by atoms with Crippen molar-refractivity contribution in [3.8, 4) is 0 Å². The van der Waals surface area contributed by atoms with E-state index in [1.807, 2.05) is 0 Å². The number of aromatic nitrogens is 4. The SMILES string of the molecule is OC[C@@H]1C[C@@H](F)[C@H](n2cnc3cncnc32)O1. The number of aliphatic hydroxyl groups excluding tert-OH is 1. The van der Waals surface area contributed by atoms with E-state index in [1.165, 1.54) is 17.2 Å². The summed E-state index contributed by atoms with van der Waals surface area (Å²) < 4.78 is 20.7. The van der Waals surface area contributed by atoms with Crippen LogP contribution in [0.3, 0.4) is 0 Å². The van der Waals surface area contributed by atoms with E-state index in [-0.39, 0.29) is 13.0 Å². The number of ether oxygens (including phenoxy) is 1. The zero-order chi connectivity index (χ0) is 11.8. The molecule has 0 spiro atoms. The van der Waals surface area contributed by atoms with Crippen LogP contribution in [0.5, 0.6) is 0 Å². The highest BCUT2D eigenvalue weighted by atomic mass is 19.1. The van der Waals surface area contributed by atoms with Crippen LogP contribution in [-0.2, 0) is 4.74 Å². The van der Waals surface area contributed by atoms with Crippen molar-refractivity contribution in [1.29, 1.82) is 0 Å². The lowest BCUT2D eigenvalue weighted by Crippen LogP contribution is -2.16. The Bertz CT molecular complexity index is 532. The topological polar surface area (TPSA) is 73.1 Å². The summed E-state index contributed by atoms with van der Waals surface area (Å²) in [4.78, 5) is 12.0. The van der Waals surface area contributed by atoms with Crippen molar-refractivity contribution in [2.45, 2.75) is 24.9 Å². The van der Waals surface area contributed by atoms with Crippen LogP contribution >= 0.6 is 0 Å². The van der Waals surface area contributed by atoms with Gasteiger partial charge in [0, 0.05) is 6.42 Å². The third-order valence-corrected chi connectivity index (χ3v) is 2.85. The van der Waals surface area contributed by atoms with Crippen molar-refractivity contribution >= 4 is 11.2 Å². The first-order chi connectivity index (χ1) is 8.29. The van der Waals surface area contributed by atoms with Gasteiger partial charge in [-0.3, -0.25) is 4.57 Å². The molecule has 0 bridgehead atoms. The second-order valence-corrected chi connectivity index (χ2v) is 3.97. The normalized spacial score (nSPS) is 28.9. The van der Waals surface area contributed by atoms with Crippen LogP contribution in [0.15, 0.2) is 18.9 Å². The van der Waals surface area contributed by atoms with Crippen molar-refractivity contribution in [2.24, 2.45) is 0 Å². The molecule has 0 saturated carbocycles. The molecule has 0 aromatic carbocycles. The van der Waals surface area contributed by atoms with E-state index < -0.39 is 18.5 Å². The summed E-state index contributed by atoms with van der Waals surface area (Å²) in [5.74, 6) is 0. The molecule has 2 aromatic rings. The minimum atomic E-state index is -1.17. The molecule has 0 amide bonds. The summed E-state index contributed by atoms with van der Waals surface area (Å²) in [7, 11) is 0. The van der Waals surface area contributed by atoms with Crippen LogP contribution in [0.1, 0.15) is 12.6 Å². The van der Waals surface area contributed by atoms with Crippen LogP contribution in [0.2, 0.25) is 0 Å². The van der Waals surface area contributed by atoms with Gasteiger partial charge in [-0.1, -0.05) is 0 Å². The van der Waals surface area contributed by atoms with Crippen molar-refractivity contribution < 1.29 is 14.2 Å². The fourth-order valence-corrected chi connectivity index (χ4v) is 2.03. The fraction of sp³-hybridized carbons (Fsp3) is 0.500. The van der Waals surface area contributed by atoms with Gasteiger partial charge in [-0.2, -0.15) is 0 Å². The fourth-order valence-electron chi connectivity index (χ4n) is 2.03. The summed E-state index contributed by atoms with van der Waals surface area (Å²) in [6.45, 7) is -0.182. The Labute approximate surface area is 96.1 Å². The molecular weight excluding hydrogens is 227 g/mol.